The van der Waals surface area contributed by atoms with Crippen molar-refractivity contribution in [3.8, 4) is 0 Å². The van der Waals surface area contributed by atoms with E-state index in [1.165, 1.54) is 30.5 Å². The fraction of sp³-hybridized carbons (Fsp3) is 0.312. The van der Waals surface area contributed by atoms with E-state index in [9.17, 15) is 14.7 Å². The van der Waals surface area contributed by atoms with Gasteiger partial charge in [0, 0.05) is 18.2 Å². The highest BCUT2D eigenvalue weighted by atomic mass is 16.4. The van der Waals surface area contributed by atoms with Gasteiger partial charge >= 0.3 is 5.97 Å². The van der Waals surface area contributed by atoms with Crippen LogP contribution in [0.15, 0.2) is 40.6 Å². The number of carboxylic acids is 1. The van der Waals surface area contributed by atoms with E-state index in [-0.39, 0.29) is 28.1 Å². The van der Waals surface area contributed by atoms with Crippen molar-refractivity contribution in [3.63, 3.8) is 0 Å². The minimum atomic E-state index is -1.01. The van der Waals surface area contributed by atoms with Crippen LogP contribution in [0, 0.1) is 5.41 Å². The molecule has 1 N–H and O–H groups in total. The largest absolute Gasteiger partial charge is 0.875 e. The van der Waals surface area contributed by atoms with Gasteiger partial charge in [0.1, 0.15) is 0 Å². The van der Waals surface area contributed by atoms with E-state index < -0.39 is 5.97 Å². The van der Waals surface area contributed by atoms with Crippen molar-refractivity contribution in [2.75, 3.05) is 0 Å². The lowest BCUT2D eigenvalue weighted by molar-refractivity contribution is -0.311. The molecule has 0 heterocycles. The molecule has 5 heteroatoms. The molecule has 0 aromatic heterocycles. The number of aromatic carboxylic acids is 1. The highest BCUT2D eigenvalue weighted by Crippen LogP contribution is 2.34. The van der Waals surface area contributed by atoms with E-state index in [1.54, 1.807) is 0 Å². The molecule has 0 amide bonds. The number of benzene rings is 1. The molecule has 1 aromatic carbocycles. The first kappa shape index (κ1) is 15.0. The maximum absolute atomic E-state index is 12.0. The monoisotopic (exact) mass is 286 g/mol. The average Bonchev–Trinajstić information content (AvgIpc) is 2.36. The van der Waals surface area contributed by atoms with Gasteiger partial charge in [-0.25, -0.2) is 4.79 Å². The number of aliphatic imine (C=N–C) groups is 1. The number of nitrogens with zero attached hydrogens (tertiary/aromatic N) is 1. The van der Waals surface area contributed by atoms with Crippen molar-refractivity contribution < 1.29 is 19.8 Å². The summed E-state index contributed by atoms with van der Waals surface area (Å²) in [5, 5.41) is 20.8. The maximum atomic E-state index is 12.0. The summed E-state index contributed by atoms with van der Waals surface area (Å²) in [6.45, 7) is 3.78. The molecule has 5 nitrogen and oxygen atoms in total. The van der Waals surface area contributed by atoms with Gasteiger partial charge in [-0.05, 0) is 36.1 Å². The number of ketones is 1. The van der Waals surface area contributed by atoms with Crippen LogP contribution in [0.5, 0.6) is 0 Å². The molecule has 2 rings (SSSR count). The van der Waals surface area contributed by atoms with Gasteiger partial charge in [0.25, 0.3) is 0 Å². The molecule has 110 valence electrons. The third-order valence-corrected chi connectivity index (χ3v) is 3.34. The van der Waals surface area contributed by atoms with Gasteiger partial charge in [-0.3, -0.25) is 9.79 Å². The number of carboxylic acid groups (broad SMARTS) is 1. The number of rotatable bonds is 3. The van der Waals surface area contributed by atoms with Crippen molar-refractivity contribution >= 4 is 23.7 Å². The van der Waals surface area contributed by atoms with Crippen LogP contribution in [0.3, 0.4) is 0 Å². The highest BCUT2D eigenvalue weighted by Gasteiger charge is 2.28. The smallest absolute Gasteiger partial charge is 0.335 e. The second kappa shape index (κ2) is 5.52. The van der Waals surface area contributed by atoms with E-state index in [0.29, 0.717) is 18.5 Å². The SMILES string of the molecule is CC1(C)CC(=O)C(C=Nc2ccc(C(=O)O)cc2)=C([O-])C1. The number of hydrogen-bond donors (Lipinski definition) is 1. The van der Waals surface area contributed by atoms with Crippen LogP contribution in [-0.4, -0.2) is 23.1 Å². The van der Waals surface area contributed by atoms with Gasteiger partial charge in [0.15, 0.2) is 5.78 Å². The number of carbonyl (C=O) groups is 2. The summed E-state index contributed by atoms with van der Waals surface area (Å²) in [6, 6.07) is 5.91. The molecule has 1 aliphatic carbocycles. The first-order chi connectivity index (χ1) is 9.78. The predicted molar refractivity (Wildman–Crippen MR) is 76.6 cm³/mol. The number of Topliss-reactive ketones (excluding diaryl/α,β-unsaturated/α-hetero) is 1. The average molecular weight is 286 g/mol. The van der Waals surface area contributed by atoms with Crippen molar-refractivity contribution in [2.45, 2.75) is 26.7 Å². The third kappa shape index (κ3) is 3.56. The molecule has 0 saturated heterocycles. The van der Waals surface area contributed by atoms with Gasteiger partial charge in [-0.1, -0.05) is 13.8 Å². The third-order valence-electron chi connectivity index (χ3n) is 3.34. The van der Waals surface area contributed by atoms with Crippen LogP contribution in [0.2, 0.25) is 0 Å². The lowest BCUT2D eigenvalue weighted by atomic mass is 9.77. The van der Waals surface area contributed by atoms with Crippen LogP contribution in [0.4, 0.5) is 5.69 Å². The minimum Gasteiger partial charge on any atom is -0.875 e. The van der Waals surface area contributed by atoms with Gasteiger partial charge in [-0.2, -0.15) is 0 Å². The summed E-state index contributed by atoms with van der Waals surface area (Å²) in [5.74, 6) is -1.40. The van der Waals surface area contributed by atoms with E-state index in [4.69, 9.17) is 5.11 Å². The number of carbonyl (C=O) groups excluding carboxylic acids is 1. The van der Waals surface area contributed by atoms with Crippen LogP contribution < -0.4 is 5.11 Å². The lowest BCUT2D eigenvalue weighted by Crippen LogP contribution is -2.30. The molecule has 1 aromatic rings. The molecular formula is C16H16NO4-. The summed E-state index contributed by atoms with van der Waals surface area (Å²) in [7, 11) is 0. The van der Waals surface area contributed by atoms with Gasteiger partial charge in [-0.15, -0.1) is 5.76 Å². The van der Waals surface area contributed by atoms with Crippen LogP contribution in [0.25, 0.3) is 0 Å². The number of allylic oxidation sites excluding steroid dienone is 2. The zero-order valence-electron chi connectivity index (χ0n) is 11.9. The second-order valence-electron chi connectivity index (χ2n) is 5.89. The van der Waals surface area contributed by atoms with Gasteiger partial charge in [0.2, 0.25) is 0 Å². The maximum Gasteiger partial charge on any atom is 0.335 e. The Morgan fingerprint density at radius 3 is 2.43 bits per heavy atom. The minimum absolute atomic E-state index is 0.122. The molecule has 0 atom stereocenters. The molecular weight excluding hydrogens is 270 g/mol. The Balaban J connectivity index is 2.21. The Hall–Kier alpha value is -2.43. The van der Waals surface area contributed by atoms with Crippen molar-refractivity contribution in [3.05, 3.63) is 41.2 Å². The fourth-order valence-corrected chi connectivity index (χ4v) is 2.25. The zero-order valence-corrected chi connectivity index (χ0v) is 11.9. The molecule has 0 spiro atoms. The summed E-state index contributed by atoms with van der Waals surface area (Å²) >= 11 is 0. The van der Waals surface area contributed by atoms with Crippen LogP contribution in [0.1, 0.15) is 37.0 Å². The Kier molecular flexibility index (Phi) is 3.93. The summed E-state index contributed by atoms with van der Waals surface area (Å²) in [5.41, 5.74) is 0.483. The Morgan fingerprint density at radius 1 is 1.29 bits per heavy atom. The van der Waals surface area contributed by atoms with Crippen LogP contribution >= 0.6 is 0 Å². The summed E-state index contributed by atoms with van der Waals surface area (Å²) in [4.78, 5) is 26.8. The molecule has 0 fully saturated rings. The molecule has 21 heavy (non-hydrogen) atoms. The standard InChI is InChI=1S/C16H17NO4/c1-16(2)7-13(18)12(14(19)8-16)9-17-11-5-3-10(4-6-11)15(20)21/h3-6,9,18H,7-8H2,1-2H3,(H,20,21)/p-1. The number of hydrogen-bond acceptors (Lipinski definition) is 4. The molecule has 0 unspecified atom stereocenters. The fourth-order valence-electron chi connectivity index (χ4n) is 2.25. The Bertz CT molecular complexity index is 639. The Labute approximate surface area is 122 Å². The van der Waals surface area contributed by atoms with Crippen molar-refractivity contribution in [1.82, 2.24) is 0 Å². The molecule has 0 bridgehead atoms. The predicted octanol–water partition coefficient (Wildman–Crippen LogP) is 2.09. The van der Waals surface area contributed by atoms with Gasteiger partial charge in [0.05, 0.1) is 11.3 Å². The van der Waals surface area contributed by atoms with E-state index >= 15 is 0 Å². The van der Waals surface area contributed by atoms with Gasteiger partial charge < -0.3 is 10.2 Å². The van der Waals surface area contributed by atoms with E-state index in [0.717, 1.165) is 0 Å². The summed E-state index contributed by atoms with van der Waals surface area (Å²) in [6.07, 6.45) is 1.95. The molecule has 0 aliphatic heterocycles. The van der Waals surface area contributed by atoms with E-state index in [2.05, 4.69) is 4.99 Å². The Morgan fingerprint density at radius 2 is 1.90 bits per heavy atom. The normalized spacial score (nSPS) is 18.3. The highest BCUT2D eigenvalue weighted by molar-refractivity contribution is 6.14. The van der Waals surface area contributed by atoms with Crippen molar-refractivity contribution in [1.29, 1.82) is 0 Å². The van der Waals surface area contributed by atoms with Crippen molar-refractivity contribution in [2.24, 2.45) is 10.4 Å². The van der Waals surface area contributed by atoms with E-state index in [1.807, 2.05) is 13.8 Å². The first-order valence-corrected chi connectivity index (χ1v) is 6.59. The molecule has 0 radical (unpaired) electrons. The topological polar surface area (TPSA) is 89.8 Å². The second-order valence-corrected chi connectivity index (χ2v) is 5.89. The quantitative estimate of drug-likeness (QED) is 0.861. The lowest BCUT2D eigenvalue weighted by Gasteiger charge is -2.33. The molecule has 1 aliphatic rings. The molecule has 0 saturated carbocycles. The van der Waals surface area contributed by atoms with Crippen LogP contribution in [-0.2, 0) is 4.79 Å². The zero-order chi connectivity index (χ0) is 15.6. The first-order valence-electron chi connectivity index (χ1n) is 6.59. The summed E-state index contributed by atoms with van der Waals surface area (Å²) < 4.78 is 0.